The number of unbranched alkanes of at least 4 members (excludes halogenated alkanes) is 23. The SMILES string of the molecule is CCC(=O)O.CCCCCCCCCCCCCCCCCC(CCCCCCCCCCCC)SC(C)C(=O)O. The third kappa shape index (κ3) is 37.3. The van der Waals surface area contributed by atoms with Crippen LogP contribution >= 0.6 is 11.8 Å². The Morgan fingerprint density at radius 2 is 0.732 bits per heavy atom. The molecule has 0 aromatic rings. The molecule has 4 nitrogen and oxygen atoms in total. The third-order valence-electron chi connectivity index (χ3n) is 8.06. The molecule has 0 aliphatic heterocycles. The molecule has 0 aliphatic carbocycles. The zero-order chi connectivity index (χ0) is 30.8. The molecular formula is C36H72O4S. The van der Waals surface area contributed by atoms with Crippen molar-refractivity contribution in [3.05, 3.63) is 0 Å². The summed E-state index contributed by atoms with van der Waals surface area (Å²) in [6, 6.07) is 0. The lowest BCUT2D eigenvalue weighted by molar-refractivity contribution is -0.137. The van der Waals surface area contributed by atoms with Crippen LogP contribution in [0.2, 0.25) is 0 Å². The molecule has 0 saturated carbocycles. The Bertz CT molecular complexity index is 540. The van der Waals surface area contributed by atoms with Crippen molar-refractivity contribution in [3.63, 3.8) is 0 Å². The smallest absolute Gasteiger partial charge is 0.316 e. The van der Waals surface area contributed by atoms with Crippen molar-refractivity contribution < 1.29 is 19.8 Å². The maximum Gasteiger partial charge on any atom is 0.316 e. The minimum absolute atomic E-state index is 0.222. The molecule has 41 heavy (non-hydrogen) atoms. The van der Waals surface area contributed by atoms with Gasteiger partial charge in [0.2, 0.25) is 0 Å². The number of carboxylic acid groups (broad SMARTS) is 2. The summed E-state index contributed by atoms with van der Waals surface area (Å²) in [5, 5.41) is 17.3. The van der Waals surface area contributed by atoms with Crippen molar-refractivity contribution in [2.45, 2.75) is 218 Å². The molecule has 0 aliphatic rings. The molecule has 2 atom stereocenters. The van der Waals surface area contributed by atoms with E-state index in [0.717, 1.165) is 0 Å². The number of hydrogen-bond acceptors (Lipinski definition) is 3. The Morgan fingerprint density at radius 3 is 0.951 bits per heavy atom. The van der Waals surface area contributed by atoms with Crippen LogP contribution in [0.15, 0.2) is 0 Å². The van der Waals surface area contributed by atoms with Crippen LogP contribution in [0.5, 0.6) is 0 Å². The van der Waals surface area contributed by atoms with Gasteiger partial charge in [-0.05, 0) is 19.8 Å². The number of hydrogen-bond donors (Lipinski definition) is 2. The number of carboxylic acids is 2. The zero-order valence-electron chi connectivity index (χ0n) is 28.1. The number of thioether (sulfide) groups is 1. The normalized spacial score (nSPS) is 12.5. The highest BCUT2D eigenvalue weighted by Gasteiger charge is 2.18. The predicted molar refractivity (Wildman–Crippen MR) is 182 cm³/mol. The second-order valence-electron chi connectivity index (χ2n) is 12.2. The maximum absolute atomic E-state index is 11.4. The van der Waals surface area contributed by atoms with Crippen molar-refractivity contribution in [2.24, 2.45) is 0 Å². The molecule has 0 saturated heterocycles. The first-order valence-corrected chi connectivity index (χ1v) is 18.9. The highest BCUT2D eigenvalue weighted by atomic mass is 32.2. The van der Waals surface area contributed by atoms with Gasteiger partial charge >= 0.3 is 11.9 Å². The molecule has 0 fully saturated rings. The molecule has 0 bridgehead atoms. The fourth-order valence-electron chi connectivity index (χ4n) is 5.23. The van der Waals surface area contributed by atoms with Gasteiger partial charge in [-0.25, -0.2) is 0 Å². The zero-order valence-corrected chi connectivity index (χ0v) is 28.9. The summed E-state index contributed by atoms with van der Waals surface area (Å²) in [6.07, 6.45) is 37.4. The first-order chi connectivity index (χ1) is 19.9. The number of carbonyl (C=O) groups is 2. The molecule has 0 radical (unpaired) electrons. The summed E-state index contributed by atoms with van der Waals surface area (Å²) in [6.45, 7) is 8.04. The van der Waals surface area contributed by atoms with Gasteiger partial charge in [-0.1, -0.05) is 181 Å². The van der Waals surface area contributed by atoms with Gasteiger partial charge in [-0.2, -0.15) is 0 Å². The van der Waals surface area contributed by atoms with Crippen LogP contribution < -0.4 is 0 Å². The first kappa shape index (κ1) is 42.4. The fourth-order valence-corrected chi connectivity index (χ4v) is 6.53. The van der Waals surface area contributed by atoms with Crippen LogP contribution in [0.3, 0.4) is 0 Å². The van der Waals surface area contributed by atoms with Crippen LogP contribution in [0, 0.1) is 0 Å². The first-order valence-electron chi connectivity index (χ1n) is 18.0. The molecule has 2 unspecified atom stereocenters. The molecular weight excluding hydrogens is 528 g/mol. The van der Waals surface area contributed by atoms with Gasteiger partial charge in [0.1, 0.15) is 0 Å². The van der Waals surface area contributed by atoms with E-state index in [4.69, 9.17) is 5.11 Å². The maximum atomic E-state index is 11.4. The summed E-state index contributed by atoms with van der Waals surface area (Å²) >= 11 is 1.72. The van der Waals surface area contributed by atoms with Gasteiger partial charge in [0.25, 0.3) is 0 Å². The molecule has 0 amide bonds. The van der Waals surface area contributed by atoms with Crippen LogP contribution in [-0.4, -0.2) is 32.7 Å². The van der Waals surface area contributed by atoms with Gasteiger partial charge in [0.15, 0.2) is 0 Å². The van der Waals surface area contributed by atoms with E-state index < -0.39 is 11.9 Å². The number of aliphatic carboxylic acids is 2. The Kier molecular flexibility index (Phi) is 36.7. The summed E-state index contributed by atoms with van der Waals surface area (Å²) in [4.78, 5) is 20.7. The Labute approximate surface area is 261 Å². The van der Waals surface area contributed by atoms with Crippen molar-refractivity contribution in [1.29, 1.82) is 0 Å². The summed E-state index contributed by atoms with van der Waals surface area (Å²) in [5.74, 6) is -1.39. The van der Waals surface area contributed by atoms with E-state index in [0.29, 0.717) is 5.25 Å². The van der Waals surface area contributed by atoms with Gasteiger partial charge in [0.05, 0.1) is 5.25 Å². The second kappa shape index (κ2) is 35.5. The van der Waals surface area contributed by atoms with E-state index in [2.05, 4.69) is 13.8 Å². The van der Waals surface area contributed by atoms with Crippen LogP contribution in [0.25, 0.3) is 0 Å². The van der Waals surface area contributed by atoms with E-state index in [1.54, 1.807) is 18.7 Å². The minimum atomic E-state index is -0.745. The lowest BCUT2D eigenvalue weighted by Crippen LogP contribution is -2.17. The van der Waals surface area contributed by atoms with Crippen molar-refractivity contribution in [2.75, 3.05) is 0 Å². The van der Waals surface area contributed by atoms with E-state index in [1.165, 1.54) is 173 Å². The average Bonchev–Trinajstić information content (AvgIpc) is 2.96. The van der Waals surface area contributed by atoms with E-state index in [-0.39, 0.29) is 11.7 Å². The quantitative estimate of drug-likeness (QED) is 0.0774. The molecule has 0 rings (SSSR count). The van der Waals surface area contributed by atoms with Crippen LogP contribution in [0.1, 0.15) is 207 Å². The van der Waals surface area contributed by atoms with Crippen molar-refractivity contribution in [3.8, 4) is 0 Å². The van der Waals surface area contributed by atoms with Gasteiger partial charge in [-0.15, -0.1) is 11.8 Å². The Morgan fingerprint density at radius 1 is 0.488 bits per heavy atom. The van der Waals surface area contributed by atoms with E-state index >= 15 is 0 Å². The topological polar surface area (TPSA) is 74.6 Å². The molecule has 5 heteroatoms. The molecule has 0 heterocycles. The summed E-state index contributed by atoms with van der Waals surface area (Å²) < 4.78 is 0. The highest BCUT2D eigenvalue weighted by molar-refractivity contribution is 8.01. The van der Waals surface area contributed by atoms with Crippen LogP contribution in [0.4, 0.5) is 0 Å². The molecule has 246 valence electrons. The second-order valence-corrected chi connectivity index (χ2v) is 13.8. The number of rotatable bonds is 31. The largest absolute Gasteiger partial charge is 0.481 e. The average molecular weight is 601 g/mol. The van der Waals surface area contributed by atoms with Gasteiger partial charge < -0.3 is 10.2 Å². The molecule has 2 N–H and O–H groups in total. The third-order valence-corrected chi connectivity index (χ3v) is 9.52. The molecule has 0 aromatic carbocycles. The lowest BCUT2D eigenvalue weighted by Gasteiger charge is -2.19. The lowest BCUT2D eigenvalue weighted by atomic mass is 10.0. The molecule has 0 spiro atoms. The summed E-state index contributed by atoms with van der Waals surface area (Å²) in [7, 11) is 0. The molecule has 0 aromatic heterocycles. The van der Waals surface area contributed by atoms with Gasteiger partial charge in [-0.3, -0.25) is 9.59 Å². The minimum Gasteiger partial charge on any atom is -0.481 e. The van der Waals surface area contributed by atoms with Crippen LogP contribution in [-0.2, 0) is 9.59 Å². The predicted octanol–water partition coefficient (Wildman–Crippen LogP) is 12.6. The Balaban J connectivity index is 0. The highest BCUT2D eigenvalue weighted by Crippen LogP contribution is 2.28. The van der Waals surface area contributed by atoms with Gasteiger partial charge in [0, 0.05) is 11.7 Å². The van der Waals surface area contributed by atoms with Crippen molar-refractivity contribution in [1.82, 2.24) is 0 Å². The fraction of sp³-hybridized carbons (Fsp3) is 0.944. The summed E-state index contributed by atoms with van der Waals surface area (Å²) in [5.41, 5.74) is 0. The van der Waals surface area contributed by atoms with E-state index in [1.807, 2.05) is 6.92 Å². The Hall–Kier alpha value is -0.710. The van der Waals surface area contributed by atoms with Crippen molar-refractivity contribution >= 4 is 23.7 Å². The standard InChI is InChI=1S/C33H66O2S.C3H6O2/c1-4-6-8-10-12-14-16-17-18-19-20-22-24-26-28-30-32(36-31(3)33(34)35)29-27-25-23-21-15-13-11-9-7-5-2;1-2-3(4)5/h31-32H,4-30H2,1-3H3,(H,34,35);2H2,1H3,(H,4,5). The van der Waals surface area contributed by atoms with E-state index in [9.17, 15) is 14.7 Å². The monoisotopic (exact) mass is 601 g/mol.